The molecule has 2 heterocycles. The maximum Gasteiger partial charge on any atom is 0.250 e. The van der Waals surface area contributed by atoms with E-state index in [0.717, 1.165) is 22.8 Å². The van der Waals surface area contributed by atoms with Crippen molar-refractivity contribution >= 4 is 16.9 Å². The zero-order valence-electron chi connectivity index (χ0n) is 15.3. The molecule has 3 N–H and O–H groups in total. The maximum absolute atomic E-state index is 11.6. The van der Waals surface area contributed by atoms with Crippen molar-refractivity contribution < 1.29 is 4.79 Å². The van der Waals surface area contributed by atoms with Crippen molar-refractivity contribution in [3.05, 3.63) is 53.6 Å². The third-order valence-corrected chi connectivity index (χ3v) is 5.92. The fourth-order valence-corrected chi connectivity index (χ4v) is 4.22. The van der Waals surface area contributed by atoms with Crippen LogP contribution >= 0.6 is 0 Å². The van der Waals surface area contributed by atoms with Gasteiger partial charge in [-0.2, -0.15) is 0 Å². The first kappa shape index (κ1) is 16.5. The first-order chi connectivity index (χ1) is 13.2. The normalized spacial score (nSPS) is 20.4. The molecule has 2 fully saturated rings. The van der Waals surface area contributed by atoms with Crippen LogP contribution in [0.5, 0.6) is 0 Å². The fourth-order valence-electron chi connectivity index (χ4n) is 4.22. The van der Waals surface area contributed by atoms with E-state index < -0.39 is 5.91 Å². The Labute approximate surface area is 158 Å². The molecule has 2 aromatic carbocycles. The topological polar surface area (TPSA) is 75.0 Å². The molecule has 1 amide bonds. The Hall–Kier alpha value is -2.66. The smallest absolute Gasteiger partial charge is 0.250 e. The number of amides is 1. The second-order valence-corrected chi connectivity index (χ2v) is 7.96. The zero-order valence-corrected chi connectivity index (χ0v) is 15.3. The summed E-state index contributed by atoms with van der Waals surface area (Å²) in [7, 11) is 0. The number of nitrogens with zero attached hydrogens (tertiary/aromatic N) is 2. The predicted molar refractivity (Wildman–Crippen MR) is 107 cm³/mol. The minimum Gasteiger partial charge on any atom is -0.366 e. The average Bonchev–Trinajstić information content (AvgIpc) is 3.18. The summed E-state index contributed by atoms with van der Waals surface area (Å²) >= 11 is 0. The van der Waals surface area contributed by atoms with Crippen molar-refractivity contribution in [2.24, 2.45) is 11.7 Å². The number of nitrogens with two attached hydrogens (primary N) is 1. The van der Waals surface area contributed by atoms with Crippen molar-refractivity contribution in [2.45, 2.75) is 25.2 Å². The van der Waals surface area contributed by atoms with Gasteiger partial charge in [-0.3, -0.25) is 4.79 Å². The van der Waals surface area contributed by atoms with E-state index in [1.54, 1.807) is 6.07 Å². The summed E-state index contributed by atoms with van der Waals surface area (Å²) in [5, 5.41) is 0. The van der Waals surface area contributed by atoms with Crippen LogP contribution in [0.4, 0.5) is 0 Å². The van der Waals surface area contributed by atoms with E-state index in [4.69, 9.17) is 5.73 Å². The summed E-state index contributed by atoms with van der Waals surface area (Å²) in [6, 6.07) is 14.2. The van der Waals surface area contributed by atoms with Gasteiger partial charge < -0.3 is 15.6 Å². The molecule has 5 heteroatoms. The van der Waals surface area contributed by atoms with Crippen molar-refractivity contribution in [1.29, 1.82) is 0 Å². The van der Waals surface area contributed by atoms with Gasteiger partial charge in [-0.05, 0) is 55.3 Å². The van der Waals surface area contributed by atoms with Gasteiger partial charge in [0.05, 0.1) is 11.1 Å². The van der Waals surface area contributed by atoms with Crippen LogP contribution in [0.25, 0.3) is 22.4 Å². The molecule has 0 spiro atoms. The van der Waals surface area contributed by atoms with Gasteiger partial charge in [-0.15, -0.1) is 0 Å². The van der Waals surface area contributed by atoms with Gasteiger partial charge >= 0.3 is 0 Å². The van der Waals surface area contributed by atoms with E-state index in [2.05, 4.69) is 39.1 Å². The van der Waals surface area contributed by atoms with Crippen LogP contribution in [0.1, 0.15) is 41.1 Å². The highest BCUT2D eigenvalue weighted by Gasteiger charge is 2.29. The molecule has 1 aromatic heterocycles. The molecule has 3 aromatic rings. The largest absolute Gasteiger partial charge is 0.366 e. The number of imidazole rings is 1. The number of carbonyl (C=O) groups excluding carboxylic acids is 1. The molecule has 5 rings (SSSR count). The van der Waals surface area contributed by atoms with Crippen molar-refractivity contribution in [3.8, 4) is 11.4 Å². The quantitative estimate of drug-likeness (QED) is 0.731. The maximum atomic E-state index is 11.6. The van der Waals surface area contributed by atoms with Crippen LogP contribution in [-0.4, -0.2) is 40.4 Å². The van der Waals surface area contributed by atoms with Gasteiger partial charge in [0.25, 0.3) is 5.91 Å². The molecule has 1 aliphatic carbocycles. The Balaban J connectivity index is 1.36. The summed E-state index contributed by atoms with van der Waals surface area (Å²) in [6.07, 6.45) is 4.09. The Kier molecular flexibility index (Phi) is 3.97. The van der Waals surface area contributed by atoms with E-state index in [1.165, 1.54) is 44.5 Å². The second-order valence-electron chi connectivity index (χ2n) is 7.96. The molecule has 1 aliphatic heterocycles. The average molecular weight is 360 g/mol. The number of hydrogen-bond donors (Lipinski definition) is 2. The standard InChI is InChI=1S/C22H24N4O/c23-21(27)18-2-1-3-19-20(18)25-22(24-19)16-8-6-15(7-9-16)17-10-11-26(13-17)12-14-4-5-14/h1-3,6-9,14,17H,4-5,10-13H2,(H2,23,27)(H,24,25). The number of H-pyrrole nitrogens is 1. The molecular weight excluding hydrogens is 336 g/mol. The highest BCUT2D eigenvalue weighted by molar-refractivity contribution is 6.04. The lowest BCUT2D eigenvalue weighted by atomic mass is 9.97. The third-order valence-electron chi connectivity index (χ3n) is 5.92. The van der Waals surface area contributed by atoms with Gasteiger partial charge in [0.2, 0.25) is 0 Å². The number of benzene rings is 2. The van der Waals surface area contributed by atoms with Gasteiger partial charge in [0.15, 0.2) is 0 Å². The highest BCUT2D eigenvalue weighted by Crippen LogP contribution is 2.34. The first-order valence-corrected chi connectivity index (χ1v) is 9.78. The number of nitrogens with one attached hydrogen (secondary N) is 1. The lowest BCUT2D eigenvalue weighted by molar-refractivity contribution is 0.100. The van der Waals surface area contributed by atoms with E-state index in [-0.39, 0.29) is 0 Å². The minimum atomic E-state index is -0.453. The summed E-state index contributed by atoms with van der Waals surface area (Å²) < 4.78 is 0. The van der Waals surface area contributed by atoms with Gasteiger partial charge in [0, 0.05) is 18.7 Å². The van der Waals surface area contributed by atoms with Crippen LogP contribution in [0.15, 0.2) is 42.5 Å². The van der Waals surface area contributed by atoms with Crippen molar-refractivity contribution in [3.63, 3.8) is 0 Å². The summed E-state index contributed by atoms with van der Waals surface area (Å²) in [4.78, 5) is 22.2. The number of aromatic amines is 1. The fraction of sp³-hybridized carbons (Fsp3) is 0.364. The summed E-state index contributed by atoms with van der Waals surface area (Å²) in [5.74, 6) is 1.91. The third kappa shape index (κ3) is 3.23. The van der Waals surface area contributed by atoms with Crippen LogP contribution < -0.4 is 5.73 Å². The van der Waals surface area contributed by atoms with Crippen LogP contribution in [0.2, 0.25) is 0 Å². The number of para-hydroxylation sites is 1. The number of carbonyl (C=O) groups is 1. The van der Waals surface area contributed by atoms with Crippen molar-refractivity contribution in [1.82, 2.24) is 14.9 Å². The van der Waals surface area contributed by atoms with E-state index >= 15 is 0 Å². The molecule has 2 aliphatic rings. The van der Waals surface area contributed by atoms with Crippen LogP contribution in [0.3, 0.4) is 0 Å². The minimum absolute atomic E-state index is 0.452. The molecule has 1 atom stereocenters. The van der Waals surface area contributed by atoms with Gasteiger partial charge in [-0.1, -0.05) is 30.3 Å². The molecule has 1 saturated carbocycles. The molecule has 1 saturated heterocycles. The SMILES string of the molecule is NC(=O)c1cccc2[nH]c(-c3ccc(C4CCN(CC5CC5)C4)cc3)nc12. The molecule has 1 unspecified atom stereocenters. The summed E-state index contributed by atoms with van der Waals surface area (Å²) in [6.45, 7) is 3.70. The van der Waals surface area contributed by atoms with Crippen LogP contribution in [0, 0.1) is 5.92 Å². The Morgan fingerprint density at radius 3 is 2.70 bits per heavy atom. The van der Waals surface area contributed by atoms with E-state index in [1.807, 2.05) is 12.1 Å². The molecule has 138 valence electrons. The number of rotatable bonds is 5. The van der Waals surface area contributed by atoms with Gasteiger partial charge in [0.1, 0.15) is 11.3 Å². The highest BCUT2D eigenvalue weighted by atomic mass is 16.1. The van der Waals surface area contributed by atoms with E-state index in [0.29, 0.717) is 17.0 Å². The molecule has 27 heavy (non-hydrogen) atoms. The number of primary amides is 1. The Bertz CT molecular complexity index is 987. The number of fused-ring (bicyclic) bond motifs is 1. The molecule has 0 radical (unpaired) electrons. The lowest BCUT2D eigenvalue weighted by Gasteiger charge is -2.15. The zero-order chi connectivity index (χ0) is 18.4. The Morgan fingerprint density at radius 1 is 1.15 bits per heavy atom. The van der Waals surface area contributed by atoms with E-state index in [9.17, 15) is 4.79 Å². The number of likely N-dealkylation sites (tertiary alicyclic amines) is 1. The Morgan fingerprint density at radius 2 is 1.96 bits per heavy atom. The summed E-state index contributed by atoms with van der Waals surface area (Å²) in [5.41, 5.74) is 9.82. The number of aromatic nitrogens is 2. The molecule has 0 bridgehead atoms. The van der Waals surface area contributed by atoms with Gasteiger partial charge in [-0.25, -0.2) is 4.98 Å². The monoisotopic (exact) mass is 360 g/mol. The predicted octanol–water partition coefficient (Wildman–Crippen LogP) is 3.53. The second kappa shape index (κ2) is 6.50. The van der Waals surface area contributed by atoms with Crippen LogP contribution in [-0.2, 0) is 0 Å². The number of hydrogen-bond acceptors (Lipinski definition) is 3. The first-order valence-electron chi connectivity index (χ1n) is 9.78. The molecule has 5 nitrogen and oxygen atoms in total. The van der Waals surface area contributed by atoms with Crippen molar-refractivity contribution in [2.75, 3.05) is 19.6 Å². The lowest BCUT2D eigenvalue weighted by Crippen LogP contribution is -2.22. The molecular formula is C22H24N4O.